The maximum atomic E-state index is 12.6. The molecule has 0 saturated heterocycles. The standard InChI is InChI=1S/C8H8F4N2O2S/c1-2-16-5(15)4-3-13-7(14-4)17-8(11,12)6(9)10/h3,6H,2H2,1H3,(H,13,14). The third-order valence-electron chi connectivity index (χ3n) is 1.53. The number of H-pyrrole nitrogens is 1. The molecule has 0 radical (unpaired) electrons. The van der Waals surface area contributed by atoms with Gasteiger partial charge in [-0.15, -0.1) is 0 Å². The van der Waals surface area contributed by atoms with Crippen LogP contribution in [0.3, 0.4) is 0 Å². The number of alkyl halides is 4. The smallest absolute Gasteiger partial charge is 0.360 e. The van der Waals surface area contributed by atoms with Gasteiger partial charge in [0.2, 0.25) is 0 Å². The number of carbonyl (C=O) groups excluding carboxylic acids is 1. The van der Waals surface area contributed by atoms with Crippen LogP contribution in [0.25, 0.3) is 0 Å². The minimum Gasteiger partial charge on any atom is -0.461 e. The Labute approximate surface area is 97.7 Å². The molecule has 0 aliphatic carbocycles. The zero-order chi connectivity index (χ0) is 13.1. The molecule has 17 heavy (non-hydrogen) atoms. The third kappa shape index (κ3) is 3.62. The average Bonchev–Trinajstić information content (AvgIpc) is 2.65. The molecule has 0 fully saturated rings. The first-order chi connectivity index (χ1) is 7.86. The van der Waals surface area contributed by atoms with Crippen LogP contribution < -0.4 is 0 Å². The fourth-order valence-electron chi connectivity index (χ4n) is 0.841. The van der Waals surface area contributed by atoms with E-state index in [9.17, 15) is 22.4 Å². The van der Waals surface area contributed by atoms with Crippen molar-refractivity contribution < 1.29 is 27.1 Å². The Balaban J connectivity index is 2.72. The SMILES string of the molecule is CCOC(=O)c1cnc(SC(F)(F)C(F)F)[nH]1. The quantitative estimate of drug-likeness (QED) is 0.508. The van der Waals surface area contributed by atoms with Gasteiger partial charge in [-0.3, -0.25) is 0 Å². The predicted molar refractivity (Wildman–Crippen MR) is 51.4 cm³/mol. The molecule has 0 saturated carbocycles. The van der Waals surface area contributed by atoms with E-state index in [1.807, 2.05) is 0 Å². The first-order valence-electron chi connectivity index (χ1n) is 4.44. The Morgan fingerprint density at radius 1 is 1.65 bits per heavy atom. The minimum absolute atomic E-state index is 0.105. The van der Waals surface area contributed by atoms with Gasteiger partial charge in [0.05, 0.1) is 12.8 Å². The number of rotatable bonds is 5. The van der Waals surface area contributed by atoms with Gasteiger partial charge in [-0.25, -0.2) is 18.6 Å². The van der Waals surface area contributed by atoms with Crippen LogP contribution in [0, 0.1) is 0 Å². The first kappa shape index (κ1) is 13.8. The molecule has 0 aliphatic heterocycles. The Bertz CT molecular complexity index is 397. The Morgan fingerprint density at radius 2 is 2.29 bits per heavy atom. The molecular weight excluding hydrogens is 264 g/mol. The van der Waals surface area contributed by atoms with E-state index < -0.39 is 34.6 Å². The zero-order valence-electron chi connectivity index (χ0n) is 8.55. The summed E-state index contributed by atoms with van der Waals surface area (Å²) < 4.78 is 53.6. The highest BCUT2D eigenvalue weighted by Crippen LogP contribution is 2.38. The Hall–Kier alpha value is -1.25. The lowest BCUT2D eigenvalue weighted by molar-refractivity contribution is -0.0565. The van der Waals surface area contributed by atoms with E-state index in [1.165, 1.54) is 0 Å². The number of thioether (sulfide) groups is 1. The molecule has 1 aromatic heterocycles. The highest BCUT2D eigenvalue weighted by atomic mass is 32.2. The van der Waals surface area contributed by atoms with Crippen molar-refractivity contribution in [3.8, 4) is 0 Å². The molecule has 9 heteroatoms. The molecule has 1 rings (SSSR count). The van der Waals surface area contributed by atoms with Crippen LogP contribution in [-0.2, 0) is 4.74 Å². The van der Waals surface area contributed by atoms with Crippen molar-refractivity contribution in [3.05, 3.63) is 11.9 Å². The molecule has 0 amide bonds. The number of aromatic nitrogens is 2. The third-order valence-corrected chi connectivity index (χ3v) is 2.39. The molecule has 1 N–H and O–H groups in total. The molecule has 0 aliphatic rings. The summed E-state index contributed by atoms with van der Waals surface area (Å²) in [6, 6.07) is 0. The molecule has 0 aromatic carbocycles. The lowest BCUT2D eigenvalue weighted by Gasteiger charge is -2.11. The summed E-state index contributed by atoms with van der Waals surface area (Å²) in [7, 11) is 0. The largest absolute Gasteiger partial charge is 0.461 e. The van der Waals surface area contributed by atoms with Crippen molar-refractivity contribution in [2.24, 2.45) is 0 Å². The number of esters is 1. The number of halogens is 4. The Morgan fingerprint density at radius 3 is 2.82 bits per heavy atom. The van der Waals surface area contributed by atoms with E-state index in [1.54, 1.807) is 6.92 Å². The van der Waals surface area contributed by atoms with Gasteiger partial charge in [0.1, 0.15) is 5.69 Å². The number of imidazole rings is 1. The normalized spacial score (nSPS) is 11.9. The monoisotopic (exact) mass is 272 g/mol. The number of aromatic amines is 1. The van der Waals surface area contributed by atoms with Gasteiger partial charge >= 0.3 is 17.6 Å². The second-order valence-electron chi connectivity index (χ2n) is 2.79. The number of hydrogen-bond acceptors (Lipinski definition) is 4. The van der Waals surface area contributed by atoms with Crippen LogP contribution in [0.4, 0.5) is 17.6 Å². The summed E-state index contributed by atoms with van der Waals surface area (Å²) in [6.07, 6.45) is -2.87. The second-order valence-corrected chi connectivity index (χ2v) is 3.92. The van der Waals surface area contributed by atoms with E-state index in [0.717, 1.165) is 6.20 Å². The van der Waals surface area contributed by atoms with Crippen molar-refractivity contribution in [1.82, 2.24) is 9.97 Å². The summed E-state index contributed by atoms with van der Waals surface area (Å²) in [4.78, 5) is 16.7. The number of ether oxygens (including phenoxy) is 1. The maximum Gasteiger partial charge on any atom is 0.360 e. The van der Waals surface area contributed by atoms with Gasteiger partial charge in [-0.2, -0.15) is 8.78 Å². The van der Waals surface area contributed by atoms with E-state index in [2.05, 4.69) is 14.7 Å². The number of nitrogens with zero attached hydrogens (tertiary/aromatic N) is 1. The molecular formula is C8H8F4N2O2S. The van der Waals surface area contributed by atoms with Crippen LogP contribution in [0.2, 0.25) is 0 Å². The maximum absolute atomic E-state index is 12.6. The van der Waals surface area contributed by atoms with Gasteiger partial charge in [0.25, 0.3) is 0 Å². The van der Waals surface area contributed by atoms with Gasteiger partial charge in [0.15, 0.2) is 5.16 Å². The molecule has 1 aromatic rings. The number of hydrogen-bond donors (Lipinski definition) is 1. The summed E-state index contributed by atoms with van der Waals surface area (Å²) in [5, 5.41) is -4.73. The second kappa shape index (κ2) is 5.39. The topological polar surface area (TPSA) is 55.0 Å². The molecule has 96 valence electrons. The summed E-state index contributed by atoms with van der Waals surface area (Å²) in [5.74, 6) is -0.785. The van der Waals surface area contributed by atoms with E-state index >= 15 is 0 Å². The zero-order valence-corrected chi connectivity index (χ0v) is 9.36. The molecule has 0 atom stereocenters. The van der Waals surface area contributed by atoms with Crippen LogP contribution >= 0.6 is 11.8 Å². The van der Waals surface area contributed by atoms with Gasteiger partial charge in [0, 0.05) is 0 Å². The van der Waals surface area contributed by atoms with Crippen LogP contribution in [0.5, 0.6) is 0 Å². The summed E-state index contributed by atoms with van der Waals surface area (Å²) in [6.45, 7) is 1.67. The minimum atomic E-state index is -4.26. The predicted octanol–water partition coefficient (Wildman–Crippen LogP) is 2.54. The molecule has 0 bridgehead atoms. The van der Waals surface area contributed by atoms with Gasteiger partial charge < -0.3 is 9.72 Å². The highest BCUT2D eigenvalue weighted by Gasteiger charge is 2.43. The summed E-state index contributed by atoms with van der Waals surface area (Å²) in [5.41, 5.74) is -0.167. The Kier molecular flexibility index (Phi) is 4.38. The van der Waals surface area contributed by atoms with Crippen molar-refractivity contribution in [1.29, 1.82) is 0 Å². The lowest BCUT2D eigenvalue weighted by Crippen LogP contribution is -2.21. The van der Waals surface area contributed by atoms with Crippen molar-refractivity contribution in [3.63, 3.8) is 0 Å². The highest BCUT2D eigenvalue weighted by molar-refractivity contribution is 8.00. The fraction of sp³-hybridized carbons (Fsp3) is 0.500. The van der Waals surface area contributed by atoms with Crippen molar-refractivity contribution in [2.45, 2.75) is 23.8 Å². The molecule has 0 spiro atoms. The van der Waals surface area contributed by atoms with Gasteiger partial charge in [-0.1, -0.05) is 0 Å². The van der Waals surface area contributed by atoms with E-state index in [-0.39, 0.29) is 12.3 Å². The van der Waals surface area contributed by atoms with Crippen molar-refractivity contribution in [2.75, 3.05) is 6.61 Å². The van der Waals surface area contributed by atoms with Gasteiger partial charge in [-0.05, 0) is 18.7 Å². The number of carbonyl (C=O) groups is 1. The molecule has 4 nitrogen and oxygen atoms in total. The van der Waals surface area contributed by atoms with Crippen molar-refractivity contribution >= 4 is 17.7 Å². The molecule has 0 unspecified atom stereocenters. The van der Waals surface area contributed by atoms with E-state index in [4.69, 9.17) is 0 Å². The molecule has 1 heterocycles. The number of nitrogens with one attached hydrogen (secondary N) is 1. The summed E-state index contributed by atoms with van der Waals surface area (Å²) >= 11 is -0.447. The lowest BCUT2D eigenvalue weighted by atomic mass is 10.5. The van der Waals surface area contributed by atoms with E-state index in [0.29, 0.717) is 0 Å². The fourth-order valence-corrected chi connectivity index (χ4v) is 1.45. The average molecular weight is 272 g/mol. The first-order valence-corrected chi connectivity index (χ1v) is 5.25. The van der Waals surface area contributed by atoms with Crippen LogP contribution in [0.1, 0.15) is 17.4 Å². The van der Waals surface area contributed by atoms with Crippen LogP contribution in [0.15, 0.2) is 11.4 Å². The van der Waals surface area contributed by atoms with Crippen LogP contribution in [-0.4, -0.2) is 34.2 Å².